The molecule has 0 unspecified atom stereocenters. The number of halogens is 1. The molecule has 1 aromatic carbocycles. The Morgan fingerprint density at radius 3 is 2.00 bits per heavy atom. The molecule has 0 saturated heterocycles. The second-order valence-corrected chi connectivity index (χ2v) is 8.71. The van der Waals surface area contributed by atoms with Crippen LogP contribution in [0.2, 0.25) is 0 Å². The molecule has 0 bridgehead atoms. The third-order valence-corrected chi connectivity index (χ3v) is 3.83. The Balaban J connectivity index is 3.66. The van der Waals surface area contributed by atoms with E-state index in [0.29, 0.717) is 11.2 Å². The number of ether oxygens (including phenoxy) is 2. The summed E-state index contributed by atoms with van der Waals surface area (Å²) in [7, 11) is 0. The second kappa shape index (κ2) is 8.61. The normalized spacial score (nSPS) is 11.4. The minimum absolute atomic E-state index is 0.156. The zero-order valence-electron chi connectivity index (χ0n) is 16.6. The number of benzene rings is 1. The molecule has 0 aliphatic heterocycles. The van der Waals surface area contributed by atoms with Gasteiger partial charge in [-0.05, 0) is 47.6 Å². The van der Waals surface area contributed by atoms with Gasteiger partial charge in [0.1, 0.15) is 34.9 Å². The third-order valence-electron chi connectivity index (χ3n) is 3.12. The van der Waals surface area contributed by atoms with Crippen molar-refractivity contribution >= 4 is 40.1 Å². The van der Waals surface area contributed by atoms with E-state index >= 15 is 0 Å². The first-order valence-corrected chi connectivity index (χ1v) is 9.15. The van der Waals surface area contributed by atoms with Crippen LogP contribution < -0.4 is 4.90 Å². The fourth-order valence-electron chi connectivity index (χ4n) is 2.12. The van der Waals surface area contributed by atoms with Gasteiger partial charge in [-0.25, -0.2) is 9.59 Å². The molecule has 0 saturated carbocycles. The number of anilines is 1. The number of carbonyl (C=O) groups is 3. The SMILES string of the molecule is CC(C)(C)OC(=O)N(C(=O)OC(C)(C)C)c1cc(Br)c(CC=O)c(O)c1C#N. The van der Waals surface area contributed by atoms with Gasteiger partial charge in [0.15, 0.2) is 0 Å². The predicted octanol–water partition coefficient (Wildman–Crippen LogP) is 4.44. The van der Waals surface area contributed by atoms with E-state index in [-0.39, 0.29) is 27.7 Å². The highest BCUT2D eigenvalue weighted by molar-refractivity contribution is 9.10. The Hall–Kier alpha value is -2.60. The van der Waals surface area contributed by atoms with E-state index in [4.69, 9.17) is 9.47 Å². The molecular formula is C19H23BrN2O6. The molecule has 0 spiro atoms. The molecule has 0 radical (unpaired) electrons. The molecule has 0 fully saturated rings. The van der Waals surface area contributed by atoms with Crippen LogP contribution >= 0.6 is 15.9 Å². The second-order valence-electron chi connectivity index (χ2n) is 7.86. The quantitative estimate of drug-likeness (QED) is 0.670. The summed E-state index contributed by atoms with van der Waals surface area (Å²) >= 11 is 3.19. The molecule has 2 amide bonds. The molecule has 1 aromatic rings. The van der Waals surface area contributed by atoms with Crippen LogP contribution in [-0.4, -0.2) is 34.8 Å². The molecule has 8 nitrogen and oxygen atoms in total. The number of amides is 2. The van der Waals surface area contributed by atoms with Crippen LogP contribution in [0.1, 0.15) is 52.7 Å². The first-order chi connectivity index (χ1) is 12.7. The van der Waals surface area contributed by atoms with E-state index in [1.54, 1.807) is 47.6 Å². The molecule has 152 valence electrons. The van der Waals surface area contributed by atoms with Crippen LogP contribution in [-0.2, 0) is 20.7 Å². The molecule has 0 heterocycles. The minimum Gasteiger partial charge on any atom is -0.506 e. The van der Waals surface area contributed by atoms with Gasteiger partial charge in [-0.2, -0.15) is 10.2 Å². The Bertz CT molecular complexity index is 803. The van der Waals surface area contributed by atoms with Crippen molar-refractivity contribution in [3.8, 4) is 11.8 Å². The predicted molar refractivity (Wildman–Crippen MR) is 105 cm³/mol. The van der Waals surface area contributed by atoms with E-state index < -0.39 is 29.1 Å². The largest absolute Gasteiger partial charge is 0.506 e. The van der Waals surface area contributed by atoms with Crippen LogP contribution in [0.25, 0.3) is 0 Å². The molecule has 28 heavy (non-hydrogen) atoms. The van der Waals surface area contributed by atoms with Gasteiger partial charge in [-0.15, -0.1) is 0 Å². The molecule has 1 rings (SSSR count). The van der Waals surface area contributed by atoms with Gasteiger partial charge in [-0.3, -0.25) is 0 Å². The summed E-state index contributed by atoms with van der Waals surface area (Å²) in [6, 6.07) is 3.04. The standard InChI is InChI=1S/C19H23BrN2O6/c1-18(2,3)27-16(25)22(17(26)28-19(4,5)6)14-9-13(20)11(7-8-23)15(24)12(14)10-21/h8-9,24H,7H2,1-6H3. The summed E-state index contributed by atoms with van der Waals surface area (Å²) in [6.07, 6.45) is -1.76. The van der Waals surface area contributed by atoms with Gasteiger partial charge in [0.05, 0.1) is 5.69 Å². The molecule has 0 aliphatic carbocycles. The van der Waals surface area contributed by atoms with Crippen molar-refractivity contribution in [1.29, 1.82) is 5.26 Å². The summed E-state index contributed by atoms with van der Waals surface area (Å²) < 4.78 is 10.8. The molecule has 0 aromatic heterocycles. The van der Waals surface area contributed by atoms with Crippen LogP contribution in [0.5, 0.6) is 5.75 Å². The van der Waals surface area contributed by atoms with Crippen molar-refractivity contribution in [2.45, 2.75) is 59.2 Å². The van der Waals surface area contributed by atoms with Crippen LogP contribution in [0, 0.1) is 11.3 Å². The van der Waals surface area contributed by atoms with Crippen molar-refractivity contribution < 1.29 is 29.0 Å². The number of nitriles is 1. The summed E-state index contributed by atoms with van der Waals surface area (Å²) in [5.74, 6) is -0.518. The van der Waals surface area contributed by atoms with Crippen molar-refractivity contribution in [2.24, 2.45) is 0 Å². The van der Waals surface area contributed by atoms with Crippen molar-refractivity contribution in [3.05, 3.63) is 21.7 Å². The first kappa shape index (κ1) is 23.4. The van der Waals surface area contributed by atoms with Gasteiger partial charge < -0.3 is 19.4 Å². The van der Waals surface area contributed by atoms with Gasteiger partial charge in [-0.1, -0.05) is 15.9 Å². The molecular weight excluding hydrogens is 432 g/mol. The van der Waals surface area contributed by atoms with Gasteiger partial charge in [0, 0.05) is 16.5 Å². The van der Waals surface area contributed by atoms with Crippen molar-refractivity contribution in [2.75, 3.05) is 4.90 Å². The Morgan fingerprint density at radius 2 is 1.64 bits per heavy atom. The number of phenolic OH excluding ortho intramolecular Hbond substituents is 1. The fourth-order valence-corrected chi connectivity index (χ4v) is 2.68. The van der Waals surface area contributed by atoms with Crippen molar-refractivity contribution in [3.63, 3.8) is 0 Å². The summed E-state index contributed by atoms with van der Waals surface area (Å²) in [4.78, 5) is 36.9. The number of nitrogens with zero attached hydrogens (tertiary/aromatic N) is 2. The van der Waals surface area contributed by atoms with E-state index in [1.807, 2.05) is 0 Å². The maximum atomic E-state index is 12.7. The van der Waals surface area contributed by atoms with E-state index in [0.717, 1.165) is 0 Å². The summed E-state index contributed by atoms with van der Waals surface area (Å²) in [5, 5.41) is 19.9. The van der Waals surface area contributed by atoms with Gasteiger partial charge in [0.25, 0.3) is 0 Å². The number of hydrogen-bond acceptors (Lipinski definition) is 7. The van der Waals surface area contributed by atoms with Crippen LogP contribution in [0.15, 0.2) is 10.5 Å². The summed E-state index contributed by atoms with van der Waals surface area (Å²) in [5.41, 5.74) is -2.30. The van der Waals surface area contributed by atoms with Crippen molar-refractivity contribution in [1.82, 2.24) is 0 Å². The minimum atomic E-state index is -1.08. The lowest BCUT2D eigenvalue weighted by Crippen LogP contribution is -2.44. The maximum Gasteiger partial charge on any atom is 0.424 e. The number of imide groups is 1. The number of hydrogen-bond donors (Lipinski definition) is 1. The molecule has 0 aliphatic rings. The molecule has 0 atom stereocenters. The highest BCUT2D eigenvalue weighted by Crippen LogP contribution is 2.38. The van der Waals surface area contributed by atoms with E-state index in [1.165, 1.54) is 6.07 Å². The maximum absolute atomic E-state index is 12.7. The smallest absolute Gasteiger partial charge is 0.424 e. The lowest BCUT2D eigenvalue weighted by Gasteiger charge is -2.29. The number of rotatable bonds is 3. The Kier molecular flexibility index (Phi) is 7.20. The zero-order valence-corrected chi connectivity index (χ0v) is 18.2. The third kappa shape index (κ3) is 5.96. The number of carbonyl (C=O) groups excluding carboxylic acids is 3. The van der Waals surface area contributed by atoms with Gasteiger partial charge in [0.2, 0.25) is 0 Å². The van der Waals surface area contributed by atoms with Gasteiger partial charge >= 0.3 is 12.2 Å². The summed E-state index contributed by atoms with van der Waals surface area (Å²) in [6.45, 7) is 9.69. The number of aromatic hydroxyl groups is 1. The lowest BCUT2D eigenvalue weighted by molar-refractivity contribution is -0.107. The first-order valence-electron chi connectivity index (χ1n) is 8.36. The van der Waals surface area contributed by atoms with Crippen LogP contribution in [0.3, 0.4) is 0 Å². The number of phenols is 1. The zero-order chi connectivity index (χ0) is 21.9. The average Bonchev–Trinajstić information content (AvgIpc) is 2.48. The van der Waals surface area contributed by atoms with E-state index in [9.17, 15) is 24.8 Å². The topological polar surface area (TPSA) is 117 Å². The number of aldehydes is 1. The highest BCUT2D eigenvalue weighted by Gasteiger charge is 2.35. The average molecular weight is 455 g/mol. The fraction of sp³-hybridized carbons (Fsp3) is 0.474. The Morgan fingerprint density at radius 1 is 1.18 bits per heavy atom. The molecule has 1 N–H and O–H groups in total. The Labute approximate surface area is 172 Å². The van der Waals surface area contributed by atoms with E-state index in [2.05, 4.69) is 15.9 Å². The van der Waals surface area contributed by atoms with Crippen LogP contribution in [0.4, 0.5) is 15.3 Å². The molecule has 9 heteroatoms. The monoisotopic (exact) mass is 454 g/mol. The lowest BCUT2D eigenvalue weighted by atomic mass is 10.0. The highest BCUT2D eigenvalue weighted by atomic mass is 79.9.